The minimum atomic E-state index is -0.366. The van der Waals surface area contributed by atoms with E-state index < -0.39 is 0 Å². The van der Waals surface area contributed by atoms with Gasteiger partial charge in [0.1, 0.15) is 0 Å². The molecule has 0 aliphatic rings. The summed E-state index contributed by atoms with van der Waals surface area (Å²) in [5, 5.41) is 13.5. The first-order valence-electron chi connectivity index (χ1n) is 4.13. The molecule has 0 heterocycles. The molecule has 1 unspecified atom stereocenters. The summed E-state index contributed by atoms with van der Waals surface area (Å²) < 4.78 is 0. The van der Waals surface area contributed by atoms with E-state index in [0.29, 0.717) is 6.42 Å². The lowest BCUT2D eigenvalue weighted by Crippen LogP contribution is -2.06. The molecule has 0 spiro atoms. The molecule has 0 saturated carbocycles. The Morgan fingerprint density at radius 1 is 1.33 bits per heavy atom. The number of hydrogen-bond donors (Lipinski definition) is 1. The Labute approximate surface area is 73.2 Å². The van der Waals surface area contributed by atoms with Crippen LogP contribution in [0.15, 0.2) is 30.3 Å². The minimum absolute atomic E-state index is 0.366. The summed E-state index contributed by atoms with van der Waals surface area (Å²) in [7, 11) is 1.76. The van der Waals surface area contributed by atoms with Gasteiger partial charge in [0.25, 0.3) is 0 Å². The third kappa shape index (κ3) is 2.64. The molecule has 1 radical (unpaired) electrons. The van der Waals surface area contributed by atoms with Crippen molar-refractivity contribution in [3.05, 3.63) is 35.9 Å². The average molecular weight is 164 g/mol. The van der Waals surface area contributed by atoms with E-state index >= 15 is 0 Å². The van der Waals surface area contributed by atoms with Gasteiger partial charge in [-0.3, -0.25) is 0 Å². The molecule has 65 valence electrons. The van der Waals surface area contributed by atoms with Gasteiger partial charge in [0, 0.05) is 13.6 Å². The predicted molar refractivity (Wildman–Crippen MR) is 48.9 cm³/mol. The number of nitrogens with zero attached hydrogens (tertiary/aromatic N) is 1. The van der Waals surface area contributed by atoms with E-state index in [4.69, 9.17) is 0 Å². The second-order valence-electron chi connectivity index (χ2n) is 2.75. The highest BCUT2D eigenvalue weighted by molar-refractivity contribution is 5.17. The first-order valence-corrected chi connectivity index (χ1v) is 4.13. The number of benzene rings is 1. The van der Waals surface area contributed by atoms with Crippen molar-refractivity contribution in [1.82, 2.24) is 5.32 Å². The molecule has 12 heavy (non-hydrogen) atoms. The fourth-order valence-electron chi connectivity index (χ4n) is 1.09. The Bertz CT molecular complexity index is 210. The molecule has 0 aliphatic carbocycles. The Balaban J connectivity index is 2.48. The van der Waals surface area contributed by atoms with E-state index in [0.717, 1.165) is 12.1 Å². The van der Waals surface area contributed by atoms with Crippen molar-refractivity contribution in [2.45, 2.75) is 12.5 Å². The summed E-state index contributed by atoms with van der Waals surface area (Å²) in [5.41, 5.74) is 0.973. The van der Waals surface area contributed by atoms with E-state index in [1.807, 2.05) is 30.3 Å². The first-order chi connectivity index (χ1) is 5.84. The number of hydrogen-bond acceptors (Lipinski definition) is 1. The zero-order chi connectivity index (χ0) is 8.81. The van der Waals surface area contributed by atoms with Crippen molar-refractivity contribution in [2.24, 2.45) is 0 Å². The lowest BCUT2D eigenvalue weighted by atomic mass is 10.1. The van der Waals surface area contributed by atoms with Crippen LogP contribution in [0.1, 0.15) is 18.1 Å². The van der Waals surface area contributed by atoms with E-state index in [1.54, 1.807) is 7.05 Å². The molecule has 0 fully saturated rings. The van der Waals surface area contributed by atoms with Gasteiger partial charge in [-0.25, -0.2) is 5.32 Å². The number of aliphatic hydroxyl groups excluding tert-OH is 1. The highest BCUT2D eigenvalue weighted by Crippen LogP contribution is 2.14. The molecule has 0 amide bonds. The Hall–Kier alpha value is -0.860. The van der Waals surface area contributed by atoms with Crippen LogP contribution < -0.4 is 5.32 Å². The number of rotatable bonds is 4. The monoisotopic (exact) mass is 164 g/mol. The van der Waals surface area contributed by atoms with Crippen molar-refractivity contribution >= 4 is 0 Å². The summed E-state index contributed by atoms with van der Waals surface area (Å²) >= 11 is 0. The lowest BCUT2D eigenvalue weighted by molar-refractivity contribution is 0.167. The van der Waals surface area contributed by atoms with Gasteiger partial charge in [-0.15, -0.1) is 0 Å². The van der Waals surface area contributed by atoms with Gasteiger partial charge >= 0.3 is 0 Å². The molecule has 1 aromatic rings. The van der Waals surface area contributed by atoms with Gasteiger partial charge < -0.3 is 5.11 Å². The van der Waals surface area contributed by atoms with Crippen LogP contribution in [0.3, 0.4) is 0 Å². The predicted octanol–water partition coefficient (Wildman–Crippen LogP) is 1.34. The Morgan fingerprint density at radius 3 is 2.58 bits per heavy atom. The molecule has 0 aliphatic heterocycles. The number of aliphatic hydroxyl groups is 1. The standard InChI is InChI=1S/C10H14NO/c1-11-8-7-10(12)9-5-3-2-4-6-9/h2-6,10,12H,7-8H2,1H3. The molecule has 0 bridgehead atoms. The highest BCUT2D eigenvalue weighted by Gasteiger charge is 2.04. The molecule has 0 saturated heterocycles. The normalized spacial score (nSPS) is 12.8. The zero-order valence-corrected chi connectivity index (χ0v) is 7.27. The fourth-order valence-corrected chi connectivity index (χ4v) is 1.09. The third-order valence-corrected chi connectivity index (χ3v) is 1.81. The van der Waals surface area contributed by atoms with Crippen molar-refractivity contribution in [3.63, 3.8) is 0 Å². The van der Waals surface area contributed by atoms with Gasteiger partial charge in [0.05, 0.1) is 6.10 Å². The van der Waals surface area contributed by atoms with Crippen LogP contribution >= 0.6 is 0 Å². The topological polar surface area (TPSA) is 34.3 Å². The maximum absolute atomic E-state index is 9.59. The second kappa shape index (κ2) is 4.91. The van der Waals surface area contributed by atoms with E-state index in [1.165, 1.54) is 0 Å². The Kier molecular flexibility index (Phi) is 3.77. The molecule has 1 aromatic carbocycles. The average Bonchev–Trinajstić information content (AvgIpc) is 2.15. The second-order valence-corrected chi connectivity index (χ2v) is 2.75. The summed E-state index contributed by atoms with van der Waals surface area (Å²) in [5.74, 6) is 0. The summed E-state index contributed by atoms with van der Waals surface area (Å²) in [4.78, 5) is 0. The van der Waals surface area contributed by atoms with Crippen LogP contribution in [-0.4, -0.2) is 18.7 Å². The van der Waals surface area contributed by atoms with Gasteiger partial charge in [0.15, 0.2) is 0 Å². The van der Waals surface area contributed by atoms with Crippen molar-refractivity contribution in [2.75, 3.05) is 13.6 Å². The smallest absolute Gasteiger partial charge is 0.0802 e. The molecule has 0 aromatic heterocycles. The fraction of sp³-hybridized carbons (Fsp3) is 0.400. The van der Waals surface area contributed by atoms with Crippen molar-refractivity contribution in [3.8, 4) is 0 Å². The molecule has 1 atom stereocenters. The van der Waals surface area contributed by atoms with Crippen LogP contribution in [0, 0.1) is 0 Å². The maximum Gasteiger partial charge on any atom is 0.0802 e. The molecular formula is C10H14NO. The van der Waals surface area contributed by atoms with E-state index in [9.17, 15) is 5.11 Å². The van der Waals surface area contributed by atoms with Gasteiger partial charge in [-0.05, 0) is 12.0 Å². The molecular weight excluding hydrogens is 150 g/mol. The van der Waals surface area contributed by atoms with Gasteiger partial charge in [0.2, 0.25) is 0 Å². The van der Waals surface area contributed by atoms with Gasteiger partial charge in [-0.1, -0.05) is 30.3 Å². The van der Waals surface area contributed by atoms with E-state index in [2.05, 4.69) is 5.32 Å². The van der Waals surface area contributed by atoms with Gasteiger partial charge in [-0.2, -0.15) is 0 Å². The first kappa shape index (κ1) is 9.23. The highest BCUT2D eigenvalue weighted by atomic mass is 16.3. The quantitative estimate of drug-likeness (QED) is 0.716. The molecule has 1 rings (SSSR count). The molecule has 2 heteroatoms. The van der Waals surface area contributed by atoms with Crippen LogP contribution in [0.25, 0.3) is 0 Å². The lowest BCUT2D eigenvalue weighted by Gasteiger charge is -2.08. The molecule has 2 nitrogen and oxygen atoms in total. The minimum Gasteiger partial charge on any atom is -0.388 e. The summed E-state index contributed by atoms with van der Waals surface area (Å²) in [6.45, 7) is 0.718. The van der Waals surface area contributed by atoms with Crippen LogP contribution in [0.2, 0.25) is 0 Å². The van der Waals surface area contributed by atoms with Crippen LogP contribution in [0.5, 0.6) is 0 Å². The van der Waals surface area contributed by atoms with E-state index in [-0.39, 0.29) is 6.10 Å². The maximum atomic E-state index is 9.59. The molecule has 1 N–H and O–H groups in total. The summed E-state index contributed by atoms with van der Waals surface area (Å²) in [6, 6.07) is 9.67. The largest absolute Gasteiger partial charge is 0.388 e. The Morgan fingerprint density at radius 2 is 2.00 bits per heavy atom. The van der Waals surface area contributed by atoms with Crippen LogP contribution in [0.4, 0.5) is 0 Å². The SMILES string of the molecule is C[N]CCC(O)c1ccccc1. The van der Waals surface area contributed by atoms with Crippen molar-refractivity contribution < 1.29 is 5.11 Å². The third-order valence-electron chi connectivity index (χ3n) is 1.81. The zero-order valence-electron chi connectivity index (χ0n) is 7.27. The van der Waals surface area contributed by atoms with Crippen LogP contribution in [-0.2, 0) is 0 Å². The summed E-state index contributed by atoms with van der Waals surface area (Å²) in [6.07, 6.45) is 0.343. The van der Waals surface area contributed by atoms with Crippen molar-refractivity contribution in [1.29, 1.82) is 0 Å².